The third kappa shape index (κ3) is 4.21. The van der Waals surface area contributed by atoms with Crippen molar-refractivity contribution in [2.24, 2.45) is 0 Å². The van der Waals surface area contributed by atoms with E-state index >= 15 is 0 Å². The maximum Gasteiger partial charge on any atom is 0.360 e. The summed E-state index contributed by atoms with van der Waals surface area (Å²) in [5.41, 5.74) is -0.501. The molecule has 7 heteroatoms. The number of nitrogens with zero attached hydrogens (tertiary/aromatic N) is 3. The van der Waals surface area contributed by atoms with Crippen LogP contribution in [-0.2, 0) is 20.8 Å². The van der Waals surface area contributed by atoms with Gasteiger partial charge in [-0.15, -0.1) is 5.10 Å². The van der Waals surface area contributed by atoms with E-state index in [2.05, 4.69) is 15.0 Å². The largest absolute Gasteiger partial charge is 0.464 e. The Morgan fingerprint density at radius 3 is 2.59 bits per heavy atom. The van der Waals surface area contributed by atoms with E-state index in [1.807, 2.05) is 0 Å². The van der Waals surface area contributed by atoms with Crippen molar-refractivity contribution in [3.05, 3.63) is 11.9 Å². The van der Waals surface area contributed by atoms with E-state index in [0.29, 0.717) is 0 Å². The van der Waals surface area contributed by atoms with Gasteiger partial charge in [-0.25, -0.2) is 9.48 Å². The summed E-state index contributed by atoms with van der Waals surface area (Å²) < 4.78 is 10.8. The standard InChI is InChI=1S/C10H15N3O4/c1-10(2,3)17-8(14)6-13-5-7(11-12-13)9(15)16-4/h5H,6H2,1-4H3. The molecule has 1 rings (SSSR count). The molecule has 0 spiro atoms. The zero-order valence-electron chi connectivity index (χ0n) is 10.3. The van der Waals surface area contributed by atoms with Crippen molar-refractivity contribution in [3.8, 4) is 0 Å². The molecular formula is C10H15N3O4. The molecule has 94 valence electrons. The fraction of sp³-hybridized carbons (Fsp3) is 0.600. The van der Waals surface area contributed by atoms with E-state index in [0.717, 1.165) is 0 Å². The smallest absolute Gasteiger partial charge is 0.360 e. The summed E-state index contributed by atoms with van der Waals surface area (Å²) >= 11 is 0. The number of ether oxygens (including phenoxy) is 2. The van der Waals surface area contributed by atoms with Gasteiger partial charge in [-0.3, -0.25) is 4.79 Å². The Morgan fingerprint density at radius 1 is 1.41 bits per heavy atom. The highest BCUT2D eigenvalue weighted by Crippen LogP contribution is 2.07. The van der Waals surface area contributed by atoms with Crippen LogP contribution in [0.5, 0.6) is 0 Å². The van der Waals surface area contributed by atoms with Crippen LogP contribution in [0.15, 0.2) is 6.20 Å². The lowest BCUT2D eigenvalue weighted by atomic mass is 10.2. The van der Waals surface area contributed by atoms with Gasteiger partial charge in [0.15, 0.2) is 5.69 Å². The lowest BCUT2D eigenvalue weighted by Gasteiger charge is -2.19. The van der Waals surface area contributed by atoms with Gasteiger partial charge in [0, 0.05) is 0 Å². The molecule has 1 aromatic heterocycles. The quantitative estimate of drug-likeness (QED) is 0.712. The number of esters is 2. The predicted molar refractivity (Wildman–Crippen MR) is 57.2 cm³/mol. The minimum absolute atomic E-state index is 0.0519. The summed E-state index contributed by atoms with van der Waals surface area (Å²) in [6.45, 7) is 5.21. The normalized spacial score (nSPS) is 11.1. The predicted octanol–water partition coefficient (Wildman–Crippen LogP) is 0.406. The van der Waals surface area contributed by atoms with Crippen molar-refractivity contribution >= 4 is 11.9 Å². The van der Waals surface area contributed by atoms with Crippen LogP contribution in [0.4, 0.5) is 0 Å². The highest BCUT2D eigenvalue weighted by atomic mass is 16.6. The molecular weight excluding hydrogens is 226 g/mol. The minimum Gasteiger partial charge on any atom is -0.464 e. The average molecular weight is 241 g/mol. The second-order valence-electron chi connectivity index (χ2n) is 4.38. The molecule has 0 aliphatic carbocycles. The summed E-state index contributed by atoms with van der Waals surface area (Å²) in [6, 6.07) is 0. The van der Waals surface area contributed by atoms with E-state index in [1.54, 1.807) is 20.8 Å². The van der Waals surface area contributed by atoms with Crippen LogP contribution in [0.1, 0.15) is 31.3 Å². The fourth-order valence-corrected chi connectivity index (χ4v) is 1.08. The van der Waals surface area contributed by atoms with Gasteiger partial charge in [0.1, 0.15) is 12.1 Å². The van der Waals surface area contributed by atoms with E-state index in [-0.39, 0.29) is 12.2 Å². The molecule has 7 nitrogen and oxygen atoms in total. The first-order valence-electron chi connectivity index (χ1n) is 5.02. The number of aromatic nitrogens is 3. The van der Waals surface area contributed by atoms with Crippen LogP contribution in [0, 0.1) is 0 Å². The Bertz CT molecular complexity index is 419. The van der Waals surface area contributed by atoms with Gasteiger partial charge in [0.2, 0.25) is 0 Å². The van der Waals surface area contributed by atoms with Crippen LogP contribution in [0.2, 0.25) is 0 Å². The molecule has 0 aromatic carbocycles. The Hall–Kier alpha value is -1.92. The zero-order valence-corrected chi connectivity index (χ0v) is 10.3. The van der Waals surface area contributed by atoms with Gasteiger partial charge in [-0.1, -0.05) is 5.21 Å². The molecule has 0 aliphatic rings. The maximum atomic E-state index is 11.4. The molecule has 0 N–H and O–H groups in total. The number of hydrogen-bond donors (Lipinski definition) is 0. The second kappa shape index (κ2) is 4.94. The van der Waals surface area contributed by atoms with Gasteiger partial charge < -0.3 is 9.47 Å². The molecule has 0 saturated heterocycles. The molecule has 0 aliphatic heterocycles. The molecule has 17 heavy (non-hydrogen) atoms. The summed E-state index contributed by atoms with van der Waals surface area (Å²) in [4.78, 5) is 22.5. The summed E-state index contributed by atoms with van der Waals surface area (Å²) in [5.74, 6) is -1.04. The number of methoxy groups -OCH3 is 1. The molecule has 1 heterocycles. The second-order valence-corrected chi connectivity index (χ2v) is 4.38. The maximum absolute atomic E-state index is 11.4. The van der Waals surface area contributed by atoms with E-state index in [9.17, 15) is 9.59 Å². The van der Waals surface area contributed by atoms with Crippen LogP contribution < -0.4 is 0 Å². The van der Waals surface area contributed by atoms with Crippen molar-refractivity contribution in [2.45, 2.75) is 32.9 Å². The Morgan fingerprint density at radius 2 is 2.06 bits per heavy atom. The number of carbonyl (C=O) groups is 2. The first-order chi connectivity index (χ1) is 7.81. The van der Waals surface area contributed by atoms with E-state index < -0.39 is 17.5 Å². The highest BCUT2D eigenvalue weighted by Gasteiger charge is 2.18. The third-order valence-electron chi connectivity index (χ3n) is 1.64. The summed E-state index contributed by atoms with van der Waals surface area (Å²) in [6.07, 6.45) is 1.33. The van der Waals surface area contributed by atoms with Gasteiger partial charge in [0.05, 0.1) is 13.3 Å². The first-order valence-corrected chi connectivity index (χ1v) is 5.02. The Labute approximate surface area is 98.7 Å². The first kappa shape index (κ1) is 13.1. The number of rotatable bonds is 3. The van der Waals surface area contributed by atoms with Crippen molar-refractivity contribution in [2.75, 3.05) is 7.11 Å². The topological polar surface area (TPSA) is 83.3 Å². The molecule has 0 saturated carbocycles. The van der Waals surface area contributed by atoms with Crippen molar-refractivity contribution < 1.29 is 19.1 Å². The molecule has 0 amide bonds. The molecule has 0 radical (unpaired) electrons. The molecule has 1 aromatic rings. The van der Waals surface area contributed by atoms with E-state index in [4.69, 9.17) is 4.74 Å². The number of carbonyl (C=O) groups excluding carboxylic acids is 2. The summed E-state index contributed by atoms with van der Waals surface area (Å²) in [7, 11) is 1.25. The number of hydrogen-bond acceptors (Lipinski definition) is 6. The molecule has 0 atom stereocenters. The highest BCUT2D eigenvalue weighted by molar-refractivity contribution is 5.86. The minimum atomic E-state index is -0.597. The van der Waals surface area contributed by atoms with Crippen LogP contribution in [-0.4, -0.2) is 39.6 Å². The Kier molecular flexibility index (Phi) is 3.82. The Balaban J connectivity index is 2.61. The van der Waals surface area contributed by atoms with Crippen LogP contribution >= 0.6 is 0 Å². The van der Waals surface area contributed by atoms with Gasteiger partial charge >= 0.3 is 11.9 Å². The SMILES string of the molecule is COC(=O)c1cn(CC(=O)OC(C)(C)C)nn1. The summed E-state index contributed by atoms with van der Waals surface area (Å²) in [5, 5.41) is 7.19. The van der Waals surface area contributed by atoms with E-state index in [1.165, 1.54) is 18.0 Å². The lowest BCUT2D eigenvalue weighted by molar-refractivity contribution is -0.155. The average Bonchev–Trinajstić information content (AvgIpc) is 2.62. The van der Waals surface area contributed by atoms with Gasteiger partial charge in [-0.2, -0.15) is 0 Å². The zero-order chi connectivity index (χ0) is 13.1. The van der Waals surface area contributed by atoms with Gasteiger partial charge in [0.25, 0.3) is 0 Å². The van der Waals surface area contributed by atoms with Crippen molar-refractivity contribution in [1.82, 2.24) is 15.0 Å². The van der Waals surface area contributed by atoms with Gasteiger partial charge in [-0.05, 0) is 20.8 Å². The van der Waals surface area contributed by atoms with Crippen LogP contribution in [0.3, 0.4) is 0 Å². The van der Waals surface area contributed by atoms with Crippen molar-refractivity contribution in [3.63, 3.8) is 0 Å². The molecule has 0 fully saturated rings. The van der Waals surface area contributed by atoms with Crippen LogP contribution in [0.25, 0.3) is 0 Å². The molecule has 0 bridgehead atoms. The van der Waals surface area contributed by atoms with Crippen molar-refractivity contribution in [1.29, 1.82) is 0 Å². The fourth-order valence-electron chi connectivity index (χ4n) is 1.08. The monoisotopic (exact) mass is 241 g/mol. The third-order valence-corrected chi connectivity index (χ3v) is 1.64. The molecule has 0 unspecified atom stereocenters. The lowest BCUT2D eigenvalue weighted by Crippen LogP contribution is -2.26.